The number of piperidine rings is 1. The number of likely N-dealkylation sites (tertiary alicyclic amines) is 1. The Kier molecular flexibility index (Phi) is 4.94. The molecule has 2 unspecified atom stereocenters. The smallest absolute Gasteiger partial charge is 0.239 e. The molecule has 1 aromatic heterocycles. The first-order chi connectivity index (χ1) is 11.5. The van der Waals surface area contributed by atoms with Crippen molar-refractivity contribution in [3.8, 4) is 0 Å². The summed E-state index contributed by atoms with van der Waals surface area (Å²) in [6.07, 6.45) is 2.20. The average molecular weight is 327 g/mol. The second-order valence-electron chi connectivity index (χ2n) is 6.61. The van der Waals surface area contributed by atoms with E-state index in [-0.39, 0.29) is 11.9 Å². The van der Waals surface area contributed by atoms with Crippen LogP contribution >= 0.6 is 0 Å². The van der Waals surface area contributed by atoms with Crippen molar-refractivity contribution in [3.63, 3.8) is 0 Å². The molecule has 1 aliphatic heterocycles. The number of hydrogen-bond donors (Lipinski definition) is 1. The normalized spacial score (nSPS) is 20.0. The highest BCUT2D eigenvalue weighted by molar-refractivity contribution is 5.81. The number of aromatic nitrogens is 3. The second kappa shape index (κ2) is 7.13. The summed E-state index contributed by atoms with van der Waals surface area (Å²) in [5, 5.41) is 4.46. The van der Waals surface area contributed by atoms with E-state index in [2.05, 4.69) is 15.0 Å². The van der Waals surface area contributed by atoms with Crippen LogP contribution in [-0.4, -0.2) is 38.7 Å². The quantitative estimate of drug-likeness (QED) is 0.909. The van der Waals surface area contributed by atoms with Gasteiger partial charge in [-0.05, 0) is 44.7 Å². The van der Waals surface area contributed by atoms with Gasteiger partial charge in [0.25, 0.3) is 0 Å². The molecule has 0 spiro atoms. The monoisotopic (exact) mass is 327 g/mol. The van der Waals surface area contributed by atoms with Gasteiger partial charge in [0.1, 0.15) is 17.7 Å². The summed E-state index contributed by atoms with van der Waals surface area (Å²) in [4.78, 5) is 18.7. The molecule has 1 saturated heterocycles. The molecule has 2 aromatic rings. The van der Waals surface area contributed by atoms with Crippen LogP contribution in [0.5, 0.6) is 0 Å². The predicted octanol–water partition coefficient (Wildman–Crippen LogP) is 1.83. The number of nitrogens with zero attached hydrogens (tertiary/aromatic N) is 4. The molecular weight excluding hydrogens is 302 g/mol. The Morgan fingerprint density at radius 2 is 2.08 bits per heavy atom. The van der Waals surface area contributed by atoms with Crippen LogP contribution in [0.25, 0.3) is 0 Å². The molecule has 24 heavy (non-hydrogen) atoms. The van der Waals surface area contributed by atoms with Gasteiger partial charge in [0.15, 0.2) is 0 Å². The number of hydrogen-bond acceptors (Lipinski definition) is 4. The van der Waals surface area contributed by atoms with Gasteiger partial charge in [-0.1, -0.05) is 30.3 Å². The molecular formula is C18H25N5O. The van der Waals surface area contributed by atoms with Gasteiger partial charge < -0.3 is 5.73 Å². The van der Waals surface area contributed by atoms with E-state index in [1.807, 2.05) is 48.9 Å². The molecule has 0 radical (unpaired) electrons. The first kappa shape index (κ1) is 16.6. The Bertz CT molecular complexity index is 697. The van der Waals surface area contributed by atoms with E-state index in [1.165, 1.54) is 0 Å². The lowest BCUT2D eigenvalue weighted by molar-refractivity contribution is -0.124. The zero-order valence-electron chi connectivity index (χ0n) is 14.4. The standard InChI is InChI=1S/C18H25N5O/c1-13-20-14(2)23(21-13)12-15-7-6-10-22(11-15)17(18(19)24)16-8-4-3-5-9-16/h3-5,8-9,15,17H,6-7,10-12H2,1-2H3,(H2,19,24). The number of carbonyl (C=O) groups excluding carboxylic acids is 1. The summed E-state index contributed by atoms with van der Waals surface area (Å²) in [7, 11) is 0. The van der Waals surface area contributed by atoms with Crippen molar-refractivity contribution < 1.29 is 4.79 Å². The molecule has 2 atom stereocenters. The largest absolute Gasteiger partial charge is 0.368 e. The van der Waals surface area contributed by atoms with Crippen molar-refractivity contribution in [2.24, 2.45) is 11.7 Å². The average Bonchev–Trinajstić information content (AvgIpc) is 2.86. The highest BCUT2D eigenvalue weighted by Gasteiger charge is 2.30. The van der Waals surface area contributed by atoms with Crippen LogP contribution in [0.1, 0.15) is 36.1 Å². The van der Waals surface area contributed by atoms with E-state index in [0.717, 1.165) is 49.7 Å². The van der Waals surface area contributed by atoms with Crippen molar-refractivity contribution >= 4 is 5.91 Å². The van der Waals surface area contributed by atoms with Gasteiger partial charge in [-0.15, -0.1) is 0 Å². The first-order valence-corrected chi connectivity index (χ1v) is 8.51. The summed E-state index contributed by atoms with van der Waals surface area (Å²) in [6.45, 7) is 6.48. The Morgan fingerprint density at radius 1 is 1.33 bits per heavy atom. The van der Waals surface area contributed by atoms with Gasteiger partial charge in [0.05, 0.1) is 0 Å². The molecule has 0 aliphatic carbocycles. The highest BCUT2D eigenvalue weighted by atomic mass is 16.1. The molecule has 1 aliphatic rings. The predicted molar refractivity (Wildman–Crippen MR) is 92.2 cm³/mol. The third kappa shape index (κ3) is 3.64. The fourth-order valence-electron chi connectivity index (χ4n) is 3.65. The van der Waals surface area contributed by atoms with Crippen molar-refractivity contribution in [1.82, 2.24) is 19.7 Å². The van der Waals surface area contributed by atoms with E-state index in [4.69, 9.17) is 5.73 Å². The minimum absolute atomic E-state index is 0.283. The van der Waals surface area contributed by atoms with Crippen LogP contribution in [0, 0.1) is 19.8 Å². The van der Waals surface area contributed by atoms with E-state index >= 15 is 0 Å². The summed E-state index contributed by atoms with van der Waals surface area (Å²) in [6, 6.07) is 9.46. The van der Waals surface area contributed by atoms with E-state index in [9.17, 15) is 4.79 Å². The van der Waals surface area contributed by atoms with Crippen LogP contribution in [0.4, 0.5) is 0 Å². The van der Waals surface area contributed by atoms with Gasteiger partial charge in [0.2, 0.25) is 5.91 Å². The van der Waals surface area contributed by atoms with Crippen molar-refractivity contribution in [3.05, 3.63) is 47.5 Å². The lowest BCUT2D eigenvalue weighted by Crippen LogP contribution is -2.44. The fraction of sp³-hybridized carbons (Fsp3) is 0.500. The van der Waals surface area contributed by atoms with Crippen molar-refractivity contribution in [2.45, 2.75) is 39.3 Å². The molecule has 0 saturated carbocycles. The second-order valence-corrected chi connectivity index (χ2v) is 6.61. The Balaban J connectivity index is 1.74. The van der Waals surface area contributed by atoms with E-state index in [1.54, 1.807) is 0 Å². The van der Waals surface area contributed by atoms with Gasteiger partial charge >= 0.3 is 0 Å². The highest BCUT2D eigenvalue weighted by Crippen LogP contribution is 2.27. The molecule has 6 heteroatoms. The van der Waals surface area contributed by atoms with Crippen molar-refractivity contribution in [1.29, 1.82) is 0 Å². The van der Waals surface area contributed by atoms with Gasteiger partial charge in [-0.2, -0.15) is 5.10 Å². The number of benzene rings is 1. The Labute approximate surface area is 142 Å². The van der Waals surface area contributed by atoms with Crippen LogP contribution in [0.2, 0.25) is 0 Å². The van der Waals surface area contributed by atoms with E-state index in [0.29, 0.717) is 5.92 Å². The molecule has 1 aromatic carbocycles. The fourth-order valence-corrected chi connectivity index (χ4v) is 3.65. The van der Waals surface area contributed by atoms with Crippen LogP contribution < -0.4 is 5.73 Å². The van der Waals surface area contributed by atoms with Gasteiger partial charge in [-0.25, -0.2) is 9.67 Å². The summed E-state index contributed by atoms with van der Waals surface area (Å²) >= 11 is 0. The number of carbonyl (C=O) groups is 1. The van der Waals surface area contributed by atoms with Crippen LogP contribution in [0.15, 0.2) is 30.3 Å². The molecule has 2 heterocycles. The molecule has 1 fully saturated rings. The molecule has 2 N–H and O–H groups in total. The lowest BCUT2D eigenvalue weighted by atomic mass is 9.94. The molecule has 3 rings (SSSR count). The summed E-state index contributed by atoms with van der Waals surface area (Å²) in [5.74, 6) is 1.91. The zero-order valence-corrected chi connectivity index (χ0v) is 14.4. The minimum Gasteiger partial charge on any atom is -0.368 e. The summed E-state index contributed by atoms with van der Waals surface area (Å²) < 4.78 is 1.98. The first-order valence-electron chi connectivity index (χ1n) is 8.51. The number of rotatable bonds is 5. The van der Waals surface area contributed by atoms with Crippen LogP contribution in [-0.2, 0) is 11.3 Å². The topological polar surface area (TPSA) is 77.0 Å². The Morgan fingerprint density at radius 3 is 2.71 bits per heavy atom. The Hall–Kier alpha value is -2.21. The van der Waals surface area contributed by atoms with Crippen LogP contribution in [0.3, 0.4) is 0 Å². The van der Waals surface area contributed by atoms with Crippen molar-refractivity contribution in [2.75, 3.05) is 13.1 Å². The number of nitrogens with two attached hydrogens (primary N) is 1. The third-order valence-electron chi connectivity index (χ3n) is 4.69. The molecule has 128 valence electrons. The molecule has 6 nitrogen and oxygen atoms in total. The van der Waals surface area contributed by atoms with E-state index < -0.39 is 0 Å². The minimum atomic E-state index is -0.354. The van der Waals surface area contributed by atoms with Gasteiger partial charge in [-0.3, -0.25) is 9.69 Å². The molecule has 1 amide bonds. The lowest BCUT2D eigenvalue weighted by Gasteiger charge is -2.37. The maximum atomic E-state index is 12.1. The number of amides is 1. The maximum Gasteiger partial charge on any atom is 0.239 e. The zero-order chi connectivity index (χ0) is 17.1. The maximum absolute atomic E-state index is 12.1. The van der Waals surface area contributed by atoms with Gasteiger partial charge in [0, 0.05) is 13.1 Å². The summed E-state index contributed by atoms with van der Waals surface area (Å²) in [5.41, 5.74) is 6.69. The third-order valence-corrected chi connectivity index (χ3v) is 4.69. The number of primary amides is 1. The molecule has 0 bridgehead atoms. The SMILES string of the molecule is Cc1nc(C)n(CC2CCCN(C(C(N)=O)c3ccccc3)C2)n1. The number of aryl methyl sites for hydroxylation is 2.